The standard InChI is InChI=1S/C30H46O5/c1-25(2)12-14-30(24(34)35)15-13-28(6)17(21(30)23(25)33)8-9-20-27(5)16-18(31)22(32)26(3,4)19(27)10-11-29(20,28)7/h8,18-21,23,31,33H,9-16H2,1-7H3,(H,34,35). The van der Waals surface area contributed by atoms with E-state index >= 15 is 0 Å². The van der Waals surface area contributed by atoms with Gasteiger partial charge in [-0.2, -0.15) is 0 Å². The van der Waals surface area contributed by atoms with E-state index in [9.17, 15) is 24.9 Å². The van der Waals surface area contributed by atoms with Crippen LogP contribution >= 0.6 is 0 Å². The molecule has 0 spiro atoms. The molecule has 4 saturated carbocycles. The number of allylic oxidation sites excluding steroid dienone is 1. The zero-order valence-corrected chi connectivity index (χ0v) is 22.8. The molecule has 0 aromatic rings. The van der Waals surface area contributed by atoms with E-state index in [-0.39, 0.29) is 39.3 Å². The van der Waals surface area contributed by atoms with Gasteiger partial charge in [0.15, 0.2) is 5.78 Å². The quantitative estimate of drug-likeness (QED) is 0.432. The van der Waals surface area contributed by atoms with Crippen molar-refractivity contribution in [3.05, 3.63) is 11.6 Å². The second-order valence-corrected chi connectivity index (χ2v) is 15.0. The van der Waals surface area contributed by atoms with Crippen LogP contribution in [0.3, 0.4) is 0 Å². The van der Waals surface area contributed by atoms with Gasteiger partial charge in [-0.3, -0.25) is 9.59 Å². The number of aliphatic hydroxyl groups excluding tert-OH is 2. The monoisotopic (exact) mass is 486 g/mol. The number of ketones is 1. The zero-order chi connectivity index (χ0) is 26.0. The Balaban J connectivity index is 1.64. The van der Waals surface area contributed by atoms with Gasteiger partial charge in [-0.25, -0.2) is 0 Å². The topological polar surface area (TPSA) is 94.8 Å². The lowest BCUT2D eigenvalue weighted by molar-refractivity contribution is -0.207. The molecule has 0 bridgehead atoms. The highest BCUT2D eigenvalue weighted by atomic mass is 16.4. The van der Waals surface area contributed by atoms with Crippen LogP contribution < -0.4 is 0 Å². The molecule has 4 fully saturated rings. The molecule has 3 N–H and O–H groups in total. The minimum absolute atomic E-state index is 0.0155. The molecule has 0 amide bonds. The van der Waals surface area contributed by atoms with Crippen molar-refractivity contribution in [3.8, 4) is 0 Å². The van der Waals surface area contributed by atoms with E-state index in [1.165, 1.54) is 5.57 Å². The van der Waals surface area contributed by atoms with Crippen LogP contribution in [0.4, 0.5) is 0 Å². The van der Waals surface area contributed by atoms with Gasteiger partial charge in [-0.05, 0) is 84.9 Å². The summed E-state index contributed by atoms with van der Waals surface area (Å²) in [5.41, 5.74) is -1.03. The van der Waals surface area contributed by atoms with Crippen molar-refractivity contribution in [3.63, 3.8) is 0 Å². The molecule has 196 valence electrons. The molecule has 0 heterocycles. The molecular weight excluding hydrogens is 440 g/mol. The van der Waals surface area contributed by atoms with E-state index in [1.807, 2.05) is 13.8 Å². The van der Waals surface area contributed by atoms with Crippen molar-refractivity contribution in [2.75, 3.05) is 0 Å². The van der Waals surface area contributed by atoms with Gasteiger partial charge < -0.3 is 15.3 Å². The number of rotatable bonds is 1. The highest BCUT2D eigenvalue weighted by Crippen LogP contribution is 2.75. The molecular formula is C30H46O5. The van der Waals surface area contributed by atoms with Gasteiger partial charge in [0.25, 0.3) is 0 Å². The van der Waals surface area contributed by atoms with Gasteiger partial charge in [0, 0.05) is 11.3 Å². The van der Waals surface area contributed by atoms with Gasteiger partial charge >= 0.3 is 5.97 Å². The van der Waals surface area contributed by atoms with Crippen molar-refractivity contribution in [2.24, 2.45) is 50.2 Å². The maximum Gasteiger partial charge on any atom is 0.310 e. The fourth-order valence-electron chi connectivity index (χ4n) is 10.6. The minimum atomic E-state index is -0.918. The van der Waals surface area contributed by atoms with Crippen molar-refractivity contribution >= 4 is 11.8 Å². The van der Waals surface area contributed by atoms with Gasteiger partial charge in [0.05, 0.1) is 11.5 Å². The third-order valence-corrected chi connectivity index (χ3v) is 13.0. The molecule has 0 saturated heterocycles. The first-order valence-electron chi connectivity index (χ1n) is 13.8. The van der Waals surface area contributed by atoms with Crippen molar-refractivity contribution in [1.29, 1.82) is 0 Å². The molecule has 0 aromatic heterocycles. The minimum Gasteiger partial charge on any atom is -0.481 e. The van der Waals surface area contributed by atoms with E-state index in [4.69, 9.17) is 0 Å². The van der Waals surface area contributed by atoms with Crippen LogP contribution in [0.15, 0.2) is 11.6 Å². The first-order chi connectivity index (χ1) is 16.0. The molecule has 5 heteroatoms. The van der Waals surface area contributed by atoms with Crippen LogP contribution in [0.5, 0.6) is 0 Å². The molecule has 0 aromatic carbocycles. The molecule has 0 aliphatic heterocycles. The SMILES string of the molecule is CC1(C)CCC2(C(=O)O)CCC3(C)C(=CCC4C5(C)CC(O)C(=O)C(C)(C)C5CCC43C)C2C1O. The molecule has 35 heavy (non-hydrogen) atoms. The summed E-state index contributed by atoms with van der Waals surface area (Å²) in [7, 11) is 0. The van der Waals surface area contributed by atoms with Crippen molar-refractivity contribution < 1.29 is 24.9 Å². The number of carboxylic acids is 1. The second kappa shape index (κ2) is 7.22. The van der Waals surface area contributed by atoms with Crippen LogP contribution in [-0.4, -0.2) is 39.3 Å². The van der Waals surface area contributed by atoms with E-state index in [0.717, 1.165) is 32.1 Å². The maximum atomic E-state index is 13.0. The van der Waals surface area contributed by atoms with E-state index < -0.39 is 29.0 Å². The zero-order valence-electron chi connectivity index (χ0n) is 22.8. The summed E-state index contributed by atoms with van der Waals surface area (Å²) in [6.07, 6.45) is 6.73. The van der Waals surface area contributed by atoms with Gasteiger partial charge in [-0.15, -0.1) is 0 Å². The van der Waals surface area contributed by atoms with Crippen LogP contribution in [0.1, 0.15) is 99.8 Å². The summed E-state index contributed by atoms with van der Waals surface area (Å²) in [6.45, 7) is 15.3. The maximum absolute atomic E-state index is 13.0. The average molecular weight is 487 g/mol. The molecule has 5 nitrogen and oxygen atoms in total. The highest BCUT2D eigenvalue weighted by Gasteiger charge is 2.71. The van der Waals surface area contributed by atoms with Gasteiger partial charge in [0.2, 0.25) is 0 Å². The Labute approximate surface area is 210 Å². The largest absolute Gasteiger partial charge is 0.481 e. The van der Waals surface area contributed by atoms with E-state index in [2.05, 4.69) is 40.7 Å². The number of fused-ring (bicyclic) bond motifs is 7. The lowest BCUT2D eigenvalue weighted by Crippen LogP contribution is -2.67. The fourth-order valence-corrected chi connectivity index (χ4v) is 10.6. The Kier molecular flexibility index (Phi) is 5.25. The van der Waals surface area contributed by atoms with Crippen LogP contribution in [0.2, 0.25) is 0 Å². The predicted octanol–water partition coefficient (Wildman–Crippen LogP) is 5.38. The fraction of sp³-hybridized carbons (Fsp3) is 0.867. The summed E-state index contributed by atoms with van der Waals surface area (Å²) < 4.78 is 0. The number of carboxylic acid groups (broad SMARTS) is 1. The van der Waals surface area contributed by atoms with E-state index in [0.29, 0.717) is 25.2 Å². The average Bonchev–Trinajstić information content (AvgIpc) is 2.75. The number of hydrogen-bond donors (Lipinski definition) is 3. The van der Waals surface area contributed by atoms with Crippen molar-refractivity contribution in [1.82, 2.24) is 0 Å². The summed E-state index contributed by atoms with van der Waals surface area (Å²) >= 11 is 0. The van der Waals surface area contributed by atoms with Crippen molar-refractivity contribution in [2.45, 2.75) is 112 Å². The smallest absolute Gasteiger partial charge is 0.310 e. The van der Waals surface area contributed by atoms with E-state index in [1.54, 1.807) is 0 Å². The first kappa shape index (κ1) is 25.4. The summed E-state index contributed by atoms with van der Waals surface area (Å²) in [5.74, 6) is -0.600. The Bertz CT molecular complexity index is 995. The van der Waals surface area contributed by atoms with Crippen LogP contribution in [0, 0.1) is 50.2 Å². The van der Waals surface area contributed by atoms with Gasteiger partial charge in [-0.1, -0.05) is 60.1 Å². The second-order valence-electron chi connectivity index (χ2n) is 15.0. The molecule has 5 aliphatic carbocycles. The molecule has 5 rings (SSSR count). The predicted molar refractivity (Wildman–Crippen MR) is 134 cm³/mol. The summed E-state index contributed by atoms with van der Waals surface area (Å²) in [6, 6.07) is 0. The third kappa shape index (κ3) is 2.89. The molecule has 9 atom stereocenters. The molecule has 0 radical (unpaired) electrons. The number of Topliss-reactive ketones (excluding diaryl/α,β-unsaturated/α-hetero) is 1. The Morgan fingerprint density at radius 1 is 0.914 bits per heavy atom. The van der Waals surface area contributed by atoms with Crippen LogP contribution in [-0.2, 0) is 9.59 Å². The summed E-state index contributed by atoms with van der Waals surface area (Å²) in [4.78, 5) is 25.8. The number of aliphatic hydroxyl groups is 2. The normalized spacial score (nSPS) is 52.3. The lowest BCUT2D eigenvalue weighted by atomic mass is 9.33. The Morgan fingerprint density at radius 3 is 2.17 bits per heavy atom. The Hall–Kier alpha value is -1.20. The lowest BCUT2D eigenvalue weighted by Gasteiger charge is -2.71. The van der Waals surface area contributed by atoms with Gasteiger partial charge in [0.1, 0.15) is 6.10 Å². The third-order valence-electron chi connectivity index (χ3n) is 13.0. The highest BCUT2D eigenvalue weighted by molar-refractivity contribution is 5.89. The number of carbonyl (C=O) groups is 2. The number of aliphatic carboxylic acids is 1. The number of hydrogen-bond acceptors (Lipinski definition) is 4. The summed E-state index contributed by atoms with van der Waals surface area (Å²) in [5, 5.41) is 33.0. The molecule has 5 aliphatic rings. The Morgan fingerprint density at radius 2 is 1.54 bits per heavy atom. The first-order valence-corrected chi connectivity index (χ1v) is 13.8. The number of carbonyl (C=O) groups excluding carboxylic acids is 1. The van der Waals surface area contributed by atoms with Crippen LogP contribution in [0.25, 0.3) is 0 Å². The molecule has 9 unspecified atom stereocenters.